The summed E-state index contributed by atoms with van der Waals surface area (Å²) in [7, 11) is 1.54. The van der Waals surface area contributed by atoms with E-state index in [1.165, 1.54) is 19.2 Å². The number of hydrogen-bond donors (Lipinski definition) is 1. The lowest BCUT2D eigenvalue weighted by Crippen LogP contribution is -2.26. The first kappa shape index (κ1) is 13.8. The molecule has 0 aliphatic carbocycles. The highest BCUT2D eigenvalue weighted by Crippen LogP contribution is 2.35. The van der Waals surface area contributed by atoms with Crippen molar-refractivity contribution in [2.24, 2.45) is 0 Å². The molecule has 1 aromatic heterocycles. The van der Waals surface area contributed by atoms with E-state index in [2.05, 4.69) is 9.97 Å². The van der Waals surface area contributed by atoms with E-state index in [0.29, 0.717) is 24.8 Å². The number of ether oxygens (including phenoxy) is 1. The lowest BCUT2D eigenvalue weighted by molar-refractivity contribution is 0.194. The number of methoxy groups -OCH3 is 1. The largest absolute Gasteiger partial charge is 0.481 e. The summed E-state index contributed by atoms with van der Waals surface area (Å²) < 4.78 is 18.5. The van der Waals surface area contributed by atoms with Gasteiger partial charge in [-0.25, -0.2) is 9.37 Å². The van der Waals surface area contributed by atoms with Gasteiger partial charge in [-0.2, -0.15) is 4.98 Å². The fourth-order valence-corrected chi connectivity index (χ4v) is 2.65. The van der Waals surface area contributed by atoms with Crippen LogP contribution in [0.15, 0.2) is 36.5 Å². The second kappa shape index (κ2) is 5.65. The van der Waals surface area contributed by atoms with Crippen molar-refractivity contribution in [2.75, 3.05) is 18.6 Å². The molecule has 2 aromatic rings. The van der Waals surface area contributed by atoms with Gasteiger partial charge in [0.05, 0.1) is 19.3 Å². The summed E-state index contributed by atoms with van der Waals surface area (Å²) in [6.07, 6.45) is 1.63. The van der Waals surface area contributed by atoms with Gasteiger partial charge in [0, 0.05) is 18.8 Å². The van der Waals surface area contributed by atoms with Crippen molar-refractivity contribution >= 4 is 5.95 Å². The maximum Gasteiger partial charge on any atom is 0.229 e. The molecule has 0 spiro atoms. The minimum atomic E-state index is -0.493. The van der Waals surface area contributed by atoms with Crippen LogP contribution in [0.5, 0.6) is 5.88 Å². The number of aliphatic hydroxyl groups excluding tert-OH is 1. The molecule has 0 amide bonds. The molecule has 6 heteroatoms. The molecule has 2 atom stereocenters. The molecule has 1 saturated heterocycles. The summed E-state index contributed by atoms with van der Waals surface area (Å²) in [5.74, 6) is 0.639. The lowest BCUT2D eigenvalue weighted by atomic mass is 10.0. The topological polar surface area (TPSA) is 58.5 Å². The third kappa shape index (κ3) is 2.80. The summed E-state index contributed by atoms with van der Waals surface area (Å²) in [4.78, 5) is 10.4. The van der Waals surface area contributed by atoms with Gasteiger partial charge in [-0.05, 0) is 24.1 Å². The zero-order chi connectivity index (χ0) is 14.8. The van der Waals surface area contributed by atoms with Crippen molar-refractivity contribution in [3.63, 3.8) is 0 Å². The van der Waals surface area contributed by atoms with Crippen LogP contribution in [0.4, 0.5) is 10.3 Å². The predicted molar refractivity (Wildman–Crippen MR) is 75.7 cm³/mol. The third-order valence-electron chi connectivity index (χ3n) is 3.60. The first-order valence-electron chi connectivity index (χ1n) is 6.74. The Morgan fingerprint density at radius 1 is 1.38 bits per heavy atom. The maximum atomic E-state index is 13.4. The van der Waals surface area contributed by atoms with Gasteiger partial charge in [-0.1, -0.05) is 12.1 Å². The van der Waals surface area contributed by atoms with E-state index in [4.69, 9.17) is 4.74 Å². The second-order valence-electron chi connectivity index (χ2n) is 5.01. The van der Waals surface area contributed by atoms with Crippen LogP contribution >= 0.6 is 0 Å². The number of nitrogens with zero attached hydrogens (tertiary/aromatic N) is 3. The van der Waals surface area contributed by atoms with Crippen LogP contribution in [0.3, 0.4) is 0 Å². The van der Waals surface area contributed by atoms with Gasteiger partial charge < -0.3 is 14.7 Å². The van der Waals surface area contributed by atoms with Crippen LogP contribution in [0.1, 0.15) is 18.0 Å². The second-order valence-corrected chi connectivity index (χ2v) is 5.01. The molecule has 1 fully saturated rings. The summed E-state index contributed by atoms with van der Waals surface area (Å²) in [5.41, 5.74) is 0.804. The fourth-order valence-electron chi connectivity index (χ4n) is 2.65. The predicted octanol–water partition coefficient (Wildman–Crippen LogP) is 1.94. The standard InChI is InChI=1S/C15H16FN3O2/c1-21-14-5-6-17-15(18-14)19-9-12(20)8-13(19)10-3-2-4-11(16)7-10/h2-7,12-13,20H,8-9H2,1H3. The van der Waals surface area contributed by atoms with E-state index in [1.54, 1.807) is 18.3 Å². The molecule has 0 bridgehead atoms. The van der Waals surface area contributed by atoms with Gasteiger partial charge in [-0.15, -0.1) is 0 Å². The molecule has 0 saturated carbocycles. The van der Waals surface area contributed by atoms with Crippen LogP contribution in [0.2, 0.25) is 0 Å². The van der Waals surface area contributed by atoms with E-state index in [0.717, 1.165) is 5.56 Å². The first-order chi connectivity index (χ1) is 10.2. The Labute approximate surface area is 122 Å². The van der Waals surface area contributed by atoms with Crippen LogP contribution in [-0.2, 0) is 0 Å². The Hall–Kier alpha value is -2.21. The number of benzene rings is 1. The molecule has 2 heterocycles. The summed E-state index contributed by atoms with van der Waals surface area (Å²) in [5, 5.41) is 9.97. The third-order valence-corrected chi connectivity index (χ3v) is 3.60. The monoisotopic (exact) mass is 289 g/mol. The number of rotatable bonds is 3. The summed E-state index contributed by atoms with van der Waals surface area (Å²) >= 11 is 0. The van der Waals surface area contributed by atoms with Crippen LogP contribution in [0.25, 0.3) is 0 Å². The first-order valence-corrected chi connectivity index (χ1v) is 6.74. The molecule has 0 radical (unpaired) electrons. The fraction of sp³-hybridized carbons (Fsp3) is 0.333. The van der Waals surface area contributed by atoms with E-state index in [9.17, 15) is 9.50 Å². The molecule has 1 N–H and O–H groups in total. The molecule has 2 unspecified atom stereocenters. The molecule has 5 nitrogen and oxygen atoms in total. The zero-order valence-electron chi connectivity index (χ0n) is 11.6. The molecular formula is C15H16FN3O2. The van der Waals surface area contributed by atoms with Gasteiger partial charge in [0.25, 0.3) is 0 Å². The van der Waals surface area contributed by atoms with Crippen LogP contribution < -0.4 is 9.64 Å². The van der Waals surface area contributed by atoms with Crippen molar-refractivity contribution in [3.05, 3.63) is 47.9 Å². The molecule has 1 aliphatic rings. The minimum Gasteiger partial charge on any atom is -0.481 e. The molecule has 1 aliphatic heterocycles. The number of aromatic nitrogens is 2. The Balaban J connectivity index is 1.95. The van der Waals surface area contributed by atoms with E-state index >= 15 is 0 Å². The van der Waals surface area contributed by atoms with E-state index in [1.807, 2.05) is 11.0 Å². The zero-order valence-corrected chi connectivity index (χ0v) is 11.6. The number of halogens is 1. The van der Waals surface area contributed by atoms with Crippen molar-refractivity contribution in [3.8, 4) is 5.88 Å². The number of hydrogen-bond acceptors (Lipinski definition) is 5. The lowest BCUT2D eigenvalue weighted by Gasteiger charge is -2.24. The number of β-amino-alcohol motifs (C(OH)–C–C–N with tert-alkyl or cyclic N) is 1. The summed E-state index contributed by atoms with van der Waals surface area (Å²) in [6.45, 7) is 0.411. The highest BCUT2D eigenvalue weighted by atomic mass is 19.1. The molecule has 3 rings (SSSR count). The number of aliphatic hydroxyl groups is 1. The highest BCUT2D eigenvalue weighted by molar-refractivity contribution is 5.40. The van der Waals surface area contributed by atoms with Crippen molar-refractivity contribution < 1.29 is 14.2 Å². The Morgan fingerprint density at radius 3 is 3.00 bits per heavy atom. The van der Waals surface area contributed by atoms with Crippen LogP contribution in [-0.4, -0.2) is 34.8 Å². The highest BCUT2D eigenvalue weighted by Gasteiger charge is 2.34. The smallest absolute Gasteiger partial charge is 0.229 e. The average Bonchev–Trinajstić information content (AvgIpc) is 2.89. The van der Waals surface area contributed by atoms with Gasteiger partial charge in [0.2, 0.25) is 11.8 Å². The Kier molecular flexibility index (Phi) is 3.70. The molecular weight excluding hydrogens is 273 g/mol. The van der Waals surface area contributed by atoms with Gasteiger partial charge in [-0.3, -0.25) is 0 Å². The maximum absolute atomic E-state index is 13.4. The average molecular weight is 289 g/mol. The molecule has 110 valence electrons. The Bertz CT molecular complexity index is 638. The van der Waals surface area contributed by atoms with Gasteiger partial charge in [0.15, 0.2) is 0 Å². The van der Waals surface area contributed by atoms with Gasteiger partial charge >= 0.3 is 0 Å². The number of anilines is 1. The van der Waals surface area contributed by atoms with Crippen molar-refractivity contribution in [1.82, 2.24) is 9.97 Å². The van der Waals surface area contributed by atoms with Crippen molar-refractivity contribution in [1.29, 1.82) is 0 Å². The van der Waals surface area contributed by atoms with E-state index in [-0.39, 0.29) is 11.9 Å². The minimum absolute atomic E-state index is 0.150. The summed E-state index contributed by atoms with van der Waals surface area (Å²) in [6, 6.07) is 7.91. The molecule has 21 heavy (non-hydrogen) atoms. The molecule has 1 aromatic carbocycles. The Morgan fingerprint density at radius 2 is 2.24 bits per heavy atom. The van der Waals surface area contributed by atoms with Crippen LogP contribution in [0, 0.1) is 5.82 Å². The normalized spacial score (nSPS) is 21.6. The van der Waals surface area contributed by atoms with Gasteiger partial charge in [0.1, 0.15) is 5.82 Å². The van der Waals surface area contributed by atoms with E-state index < -0.39 is 6.10 Å². The SMILES string of the molecule is COc1ccnc(N2CC(O)CC2c2cccc(F)c2)n1. The van der Waals surface area contributed by atoms with Crippen molar-refractivity contribution in [2.45, 2.75) is 18.6 Å². The quantitative estimate of drug-likeness (QED) is 0.935.